The van der Waals surface area contributed by atoms with Crippen LogP contribution < -0.4 is 0 Å². The molecule has 0 aliphatic heterocycles. The summed E-state index contributed by atoms with van der Waals surface area (Å²) in [7, 11) is 0. The average molecular weight is 154 g/mol. The maximum Gasteiger partial charge on any atom is 0.107 e. The standard InChI is InChI=1S/C9H14O2/c1-2-7-11-9-6-4-3-5-8(9)10/h1,8-10H,3-7H2/t8-,9-/m1/s1. The molecule has 1 saturated carbocycles. The van der Waals surface area contributed by atoms with Gasteiger partial charge in [-0.2, -0.15) is 0 Å². The van der Waals surface area contributed by atoms with Crippen molar-refractivity contribution in [3.8, 4) is 12.3 Å². The van der Waals surface area contributed by atoms with Gasteiger partial charge in [0.25, 0.3) is 0 Å². The molecule has 0 aromatic rings. The highest BCUT2D eigenvalue weighted by atomic mass is 16.5. The molecule has 0 bridgehead atoms. The van der Waals surface area contributed by atoms with Gasteiger partial charge in [0.2, 0.25) is 0 Å². The van der Waals surface area contributed by atoms with Gasteiger partial charge in [-0.15, -0.1) is 6.42 Å². The molecule has 2 nitrogen and oxygen atoms in total. The van der Waals surface area contributed by atoms with E-state index in [4.69, 9.17) is 11.2 Å². The second kappa shape index (κ2) is 4.38. The molecule has 62 valence electrons. The van der Waals surface area contributed by atoms with Gasteiger partial charge in [-0.05, 0) is 12.8 Å². The van der Waals surface area contributed by atoms with E-state index in [0.717, 1.165) is 25.7 Å². The summed E-state index contributed by atoms with van der Waals surface area (Å²) in [5, 5.41) is 9.40. The van der Waals surface area contributed by atoms with Gasteiger partial charge in [-0.25, -0.2) is 0 Å². The maximum absolute atomic E-state index is 9.40. The number of ether oxygens (including phenoxy) is 1. The lowest BCUT2D eigenvalue weighted by molar-refractivity contribution is -0.0472. The second-order valence-corrected chi connectivity index (χ2v) is 2.91. The first kappa shape index (κ1) is 8.58. The normalized spacial score (nSPS) is 31.3. The van der Waals surface area contributed by atoms with Gasteiger partial charge in [-0.1, -0.05) is 18.8 Å². The van der Waals surface area contributed by atoms with E-state index in [1.165, 1.54) is 0 Å². The van der Waals surface area contributed by atoms with Crippen molar-refractivity contribution < 1.29 is 9.84 Å². The summed E-state index contributed by atoms with van der Waals surface area (Å²) in [5.74, 6) is 2.40. The van der Waals surface area contributed by atoms with Crippen LogP contribution in [0.2, 0.25) is 0 Å². The highest BCUT2D eigenvalue weighted by Crippen LogP contribution is 2.20. The van der Waals surface area contributed by atoms with Crippen LogP contribution in [-0.2, 0) is 4.74 Å². The van der Waals surface area contributed by atoms with Gasteiger partial charge in [0.05, 0.1) is 12.2 Å². The molecule has 0 spiro atoms. The van der Waals surface area contributed by atoms with Crippen molar-refractivity contribution in [2.24, 2.45) is 0 Å². The molecule has 0 aromatic heterocycles. The van der Waals surface area contributed by atoms with E-state index in [-0.39, 0.29) is 12.2 Å². The lowest BCUT2D eigenvalue weighted by Crippen LogP contribution is -2.32. The number of terminal acetylenes is 1. The first-order valence-corrected chi connectivity index (χ1v) is 4.07. The summed E-state index contributed by atoms with van der Waals surface area (Å²) in [4.78, 5) is 0. The van der Waals surface area contributed by atoms with Crippen molar-refractivity contribution in [1.82, 2.24) is 0 Å². The van der Waals surface area contributed by atoms with Crippen molar-refractivity contribution >= 4 is 0 Å². The Bertz CT molecular complexity index is 148. The van der Waals surface area contributed by atoms with E-state index in [9.17, 15) is 5.11 Å². The third-order valence-electron chi connectivity index (χ3n) is 2.05. The van der Waals surface area contributed by atoms with E-state index in [2.05, 4.69) is 5.92 Å². The van der Waals surface area contributed by atoms with Gasteiger partial charge >= 0.3 is 0 Å². The summed E-state index contributed by atoms with van der Waals surface area (Å²) in [6.45, 7) is 0.321. The quantitative estimate of drug-likeness (QED) is 0.600. The van der Waals surface area contributed by atoms with Gasteiger partial charge < -0.3 is 9.84 Å². The molecule has 0 aromatic carbocycles. The molecule has 1 aliphatic rings. The summed E-state index contributed by atoms with van der Waals surface area (Å²) in [6, 6.07) is 0. The third-order valence-corrected chi connectivity index (χ3v) is 2.05. The smallest absolute Gasteiger partial charge is 0.107 e. The summed E-state index contributed by atoms with van der Waals surface area (Å²) in [6.07, 6.45) is 8.78. The number of aliphatic hydroxyl groups is 1. The molecular formula is C9H14O2. The second-order valence-electron chi connectivity index (χ2n) is 2.91. The number of rotatable bonds is 2. The Labute approximate surface area is 67.6 Å². The number of hydrogen-bond acceptors (Lipinski definition) is 2. The van der Waals surface area contributed by atoms with E-state index in [1.807, 2.05) is 0 Å². The molecule has 2 heteroatoms. The van der Waals surface area contributed by atoms with Gasteiger partial charge in [-0.3, -0.25) is 0 Å². The van der Waals surface area contributed by atoms with Crippen LogP contribution in [0.3, 0.4) is 0 Å². The maximum atomic E-state index is 9.40. The van der Waals surface area contributed by atoms with Crippen LogP contribution in [0.15, 0.2) is 0 Å². The molecule has 0 radical (unpaired) electrons. The Morgan fingerprint density at radius 3 is 2.82 bits per heavy atom. The molecule has 1 N–H and O–H groups in total. The molecule has 2 atom stereocenters. The molecule has 1 rings (SSSR count). The predicted molar refractivity (Wildman–Crippen MR) is 43.0 cm³/mol. The van der Waals surface area contributed by atoms with Crippen molar-refractivity contribution in [3.05, 3.63) is 0 Å². The van der Waals surface area contributed by atoms with E-state index < -0.39 is 0 Å². The molecule has 1 aliphatic carbocycles. The number of hydrogen-bond donors (Lipinski definition) is 1. The molecule has 1 fully saturated rings. The Kier molecular flexibility index (Phi) is 3.41. The Hall–Kier alpha value is -0.520. The fourth-order valence-electron chi connectivity index (χ4n) is 1.43. The Balaban J connectivity index is 2.25. The van der Waals surface area contributed by atoms with Crippen LogP contribution in [0.25, 0.3) is 0 Å². The van der Waals surface area contributed by atoms with Crippen LogP contribution in [0.5, 0.6) is 0 Å². The number of aliphatic hydroxyl groups excluding tert-OH is 1. The minimum Gasteiger partial charge on any atom is -0.390 e. The Morgan fingerprint density at radius 1 is 1.45 bits per heavy atom. The van der Waals surface area contributed by atoms with Crippen LogP contribution >= 0.6 is 0 Å². The fraction of sp³-hybridized carbons (Fsp3) is 0.778. The van der Waals surface area contributed by atoms with Crippen LogP contribution in [0, 0.1) is 12.3 Å². The van der Waals surface area contributed by atoms with Gasteiger partial charge in [0, 0.05) is 0 Å². The van der Waals surface area contributed by atoms with E-state index in [1.54, 1.807) is 0 Å². The minimum atomic E-state index is -0.294. The summed E-state index contributed by atoms with van der Waals surface area (Å²) in [5.41, 5.74) is 0. The molecule has 0 amide bonds. The van der Waals surface area contributed by atoms with Crippen molar-refractivity contribution in [1.29, 1.82) is 0 Å². The SMILES string of the molecule is C#CCO[C@@H]1CCCC[C@H]1O. The van der Waals surface area contributed by atoms with Crippen molar-refractivity contribution in [2.75, 3.05) is 6.61 Å². The van der Waals surface area contributed by atoms with E-state index >= 15 is 0 Å². The highest BCUT2D eigenvalue weighted by molar-refractivity contribution is 4.85. The zero-order valence-electron chi connectivity index (χ0n) is 6.62. The minimum absolute atomic E-state index is 0.0141. The molecule has 0 unspecified atom stereocenters. The topological polar surface area (TPSA) is 29.5 Å². The van der Waals surface area contributed by atoms with Crippen LogP contribution in [-0.4, -0.2) is 23.9 Å². The van der Waals surface area contributed by atoms with E-state index in [0.29, 0.717) is 6.61 Å². The van der Waals surface area contributed by atoms with Crippen molar-refractivity contribution in [3.63, 3.8) is 0 Å². The summed E-state index contributed by atoms with van der Waals surface area (Å²) < 4.78 is 5.26. The zero-order valence-corrected chi connectivity index (χ0v) is 6.62. The van der Waals surface area contributed by atoms with Crippen LogP contribution in [0.4, 0.5) is 0 Å². The van der Waals surface area contributed by atoms with Gasteiger partial charge in [0.15, 0.2) is 0 Å². The first-order chi connectivity index (χ1) is 5.34. The average Bonchev–Trinajstić information content (AvgIpc) is 2.03. The zero-order chi connectivity index (χ0) is 8.10. The molecular weight excluding hydrogens is 140 g/mol. The summed E-state index contributed by atoms with van der Waals surface area (Å²) >= 11 is 0. The molecule has 0 saturated heterocycles. The Morgan fingerprint density at radius 2 is 2.18 bits per heavy atom. The predicted octanol–water partition coefficient (Wildman–Crippen LogP) is 0.940. The molecule has 11 heavy (non-hydrogen) atoms. The fourth-order valence-corrected chi connectivity index (χ4v) is 1.43. The molecule has 0 heterocycles. The first-order valence-electron chi connectivity index (χ1n) is 4.07. The largest absolute Gasteiger partial charge is 0.390 e. The highest BCUT2D eigenvalue weighted by Gasteiger charge is 2.22. The van der Waals surface area contributed by atoms with Gasteiger partial charge in [0.1, 0.15) is 6.61 Å². The lowest BCUT2D eigenvalue weighted by Gasteiger charge is -2.26. The van der Waals surface area contributed by atoms with Crippen LogP contribution in [0.1, 0.15) is 25.7 Å². The third kappa shape index (κ3) is 2.53. The monoisotopic (exact) mass is 154 g/mol. The lowest BCUT2D eigenvalue weighted by atomic mass is 9.95. The van der Waals surface area contributed by atoms with Crippen molar-refractivity contribution in [2.45, 2.75) is 37.9 Å².